The molecule has 0 aliphatic heterocycles. The van der Waals surface area contributed by atoms with Gasteiger partial charge in [0.2, 0.25) is 9.76 Å². The Hall–Kier alpha value is 0.177. The highest BCUT2D eigenvalue weighted by Crippen LogP contribution is 2.11. The molecule has 0 saturated heterocycles. The van der Waals surface area contributed by atoms with Crippen molar-refractivity contribution in [3.63, 3.8) is 0 Å². The van der Waals surface area contributed by atoms with Crippen molar-refractivity contribution in [2.75, 3.05) is 6.61 Å². The minimum atomic E-state index is 0.751. The zero-order valence-corrected chi connectivity index (χ0v) is 14.5. The van der Waals surface area contributed by atoms with Gasteiger partial charge in [-0.05, 0) is 12.5 Å². The van der Waals surface area contributed by atoms with E-state index in [0.717, 1.165) is 16.4 Å². The third-order valence-corrected chi connectivity index (χ3v) is 4.55. The largest absolute Gasteiger partial charge is 0.417 e. The molecule has 0 atom stereocenters. The summed E-state index contributed by atoms with van der Waals surface area (Å²) in [4.78, 5) is 0. The van der Waals surface area contributed by atoms with E-state index in [2.05, 4.69) is 13.8 Å². The molecule has 0 saturated carbocycles. The maximum Gasteiger partial charge on any atom is 0.229 e. The van der Waals surface area contributed by atoms with Crippen molar-refractivity contribution in [1.29, 1.82) is 0 Å². The number of hydrogen-bond donors (Lipinski definition) is 0. The van der Waals surface area contributed by atoms with Gasteiger partial charge in [0.05, 0.1) is 0 Å². The molecular weight excluding hydrogens is 248 g/mol. The third-order valence-electron chi connectivity index (χ3n) is 3.58. The fourth-order valence-electron chi connectivity index (χ4n) is 2.23. The Labute approximate surface area is 124 Å². The summed E-state index contributed by atoms with van der Waals surface area (Å²) < 4.78 is 5.65. The SMILES string of the molecule is CCCCCCCCCCCCCO[Si]CCCC. The first-order valence-electron chi connectivity index (χ1n) is 8.76. The first-order chi connectivity index (χ1) is 9.41. The minimum absolute atomic E-state index is 0.751. The van der Waals surface area contributed by atoms with E-state index >= 15 is 0 Å². The highest BCUT2D eigenvalue weighted by molar-refractivity contribution is 6.26. The van der Waals surface area contributed by atoms with E-state index in [-0.39, 0.29) is 0 Å². The standard InChI is InChI=1S/C17H36OSi/c1-3-5-7-8-9-10-11-12-13-14-15-16-18-19-17-6-4-2/h3-17H2,1-2H3. The van der Waals surface area contributed by atoms with E-state index in [1.165, 1.54) is 89.5 Å². The Balaban J connectivity index is 2.88. The van der Waals surface area contributed by atoms with Crippen molar-refractivity contribution in [1.82, 2.24) is 0 Å². The van der Waals surface area contributed by atoms with E-state index in [0.29, 0.717) is 0 Å². The second kappa shape index (κ2) is 18.2. The van der Waals surface area contributed by atoms with Crippen LogP contribution >= 0.6 is 0 Å². The minimum Gasteiger partial charge on any atom is -0.417 e. The lowest BCUT2D eigenvalue weighted by Gasteiger charge is -2.03. The lowest BCUT2D eigenvalue weighted by Crippen LogP contribution is -2.00. The van der Waals surface area contributed by atoms with Crippen molar-refractivity contribution in [2.24, 2.45) is 0 Å². The Bertz CT molecular complexity index is 134. The van der Waals surface area contributed by atoms with Gasteiger partial charge < -0.3 is 4.43 Å². The quantitative estimate of drug-likeness (QED) is 0.244. The summed E-state index contributed by atoms with van der Waals surface area (Å²) in [5, 5.41) is 0. The summed E-state index contributed by atoms with van der Waals surface area (Å²) in [6.07, 6.45) is 18.2. The topological polar surface area (TPSA) is 9.23 Å². The molecule has 0 aromatic carbocycles. The van der Waals surface area contributed by atoms with Crippen LogP contribution in [0.15, 0.2) is 0 Å². The van der Waals surface area contributed by atoms with Crippen LogP contribution in [0, 0.1) is 0 Å². The molecule has 0 aliphatic rings. The lowest BCUT2D eigenvalue weighted by atomic mass is 10.1. The van der Waals surface area contributed by atoms with Crippen LogP contribution in [0.2, 0.25) is 6.04 Å². The van der Waals surface area contributed by atoms with Crippen LogP contribution in [0.4, 0.5) is 0 Å². The highest BCUT2D eigenvalue weighted by atomic mass is 28.2. The number of unbranched alkanes of at least 4 members (excludes halogenated alkanes) is 11. The van der Waals surface area contributed by atoms with E-state index in [1.54, 1.807) is 0 Å². The Morgan fingerprint density at radius 1 is 0.579 bits per heavy atom. The monoisotopic (exact) mass is 284 g/mol. The molecule has 0 aromatic rings. The van der Waals surface area contributed by atoms with Crippen LogP contribution in [0.3, 0.4) is 0 Å². The fraction of sp³-hybridized carbons (Fsp3) is 1.00. The van der Waals surface area contributed by atoms with Gasteiger partial charge in [-0.1, -0.05) is 90.9 Å². The third kappa shape index (κ3) is 18.2. The van der Waals surface area contributed by atoms with Gasteiger partial charge in [0.1, 0.15) is 0 Å². The molecule has 2 heteroatoms. The van der Waals surface area contributed by atoms with E-state index < -0.39 is 0 Å². The van der Waals surface area contributed by atoms with Crippen molar-refractivity contribution >= 4 is 9.76 Å². The molecule has 0 aliphatic carbocycles. The lowest BCUT2D eigenvalue weighted by molar-refractivity contribution is 0.319. The summed E-state index contributed by atoms with van der Waals surface area (Å²) in [5.41, 5.74) is 0. The zero-order chi connectivity index (χ0) is 14.0. The maximum atomic E-state index is 5.65. The zero-order valence-electron chi connectivity index (χ0n) is 13.5. The van der Waals surface area contributed by atoms with Gasteiger partial charge in [-0.3, -0.25) is 0 Å². The average Bonchev–Trinajstić information content (AvgIpc) is 2.43. The van der Waals surface area contributed by atoms with Crippen LogP contribution in [0.25, 0.3) is 0 Å². The molecule has 0 N–H and O–H groups in total. The predicted molar refractivity (Wildman–Crippen MR) is 87.9 cm³/mol. The normalized spacial score (nSPS) is 11.1. The van der Waals surface area contributed by atoms with Crippen LogP contribution in [0.1, 0.15) is 97.3 Å². The van der Waals surface area contributed by atoms with Crippen LogP contribution < -0.4 is 0 Å². The summed E-state index contributed by atoms with van der Waals surface area (Å²) in [7, 11) is 0.751. The predicted octanol–water partition coefficient (Wildman–Crippen LogP) is 6.15. The van der Waals surface area contributed by atoms with Crippen molar-refractivity contribution < 1.29 is 4.43 Å². The van der Waals surface area contributed by atoms with Gasteiger partial charge in [0.25, 0.3) is 0 Å². The van der Waals surface area contributed by atoms with Gasteiger partial charge in [0.15, 0.2) is 0 Å². The van der Waals surface area contributed by atoms with Gasteiger partial charge >= 0.3 is 0 Å². The number of rotatable bonds is 16. The molecule has 1 nitrogen and oxygen atoms in total. The molecule has 0 aromatic heterocycles. The Morgan fingerprint density at radius 3 is 1.58 bits per heavy atom. The molecular formula is C17H36OSi. The van der Waals surface area contributed by atoms with Crippen LogP contribution in [0.5, 0.6) is 0 Å². The van der Waals surface area contributed by atoms with Crippen molar-refractivity contribution in [3.05, 3.63) is 0 Å². The van der Waals surface area contributed by atoms with E-state index in [1.807, 2.05) is 0 Å². The van der Waals surface area contributed by atoms with Gasteiger partial charge in [-0.15, -0.1) is 0 Å². The molecule has 0 bridgehead atoms. The second-order valence-corrected chi connectivity index (χ2v) is 6.71. The summed E-state index contributed by atoms with van der Waals surface area (Å²) >= 11 is 0. The molecule has 0 rings (SSSR count). The summed E-state index contributed by atoms with van der Waals surface area (Å²) in [6, 6.07) is 1.27. The van der Waals surface area contributed by atoms with Crippen LogP contribution in [-0.2, 0) is 4.43 Å². The Kier molecular flexibility index (Phi) is 18.3. The first-order valence-corrected chi connectivity index (χ1v) is 9.88. The van der Waals surface area contributed by atoms with E-state index in [4.69, 9.17) is 4.43 Å². The number of hydrogen-bond acceptors (Lipinski definition) is 1. The smallest absolute Gasteiger partial charge is 0.229 e. The summed E-state index contributed by atoms with van der Waals surface area (Å²) in [6.45, 7) is 5.53. The van der Waals surface area contributed by atoms with E-state index in [9.17, 15) is 0 Å². The molecule has 19 heavy (non-hydrogen) atoms. The first kappa shape index (κ1) is 19.2. The molecule has 0 fully saturated rings. The van der Waals surface area contributed by atoms with Gasteiger partial charge in [-0.25, -0.2) is 0 Å². The molecule has 0 heterocycles. The van der Waals surface area contributed by atoms with Crippen molar-refractivity contribution in [2.45, 2.75) is 103 Å². The van der Waals surface area contributed by atoms with Crippen molar-refractivity contribution in [3.8, 4) is 0 Å². The molecule has 0 unspecified atom stereocenters. The molecule has 0 amide bonds. The average molecular weight is 285 g/mol. The maximum absolute atomic E-state index is 5.65. The van der Waals surface area contributed by atoms with Gasteiger partial charge in [-0.2, -0.15) is 0 Å². The molecule has 2 radical (unpaired) electrons. The fourth-order valence-corrected chi connectivity index (χ4v) is 3.16. The summed E-state index contributed by atoms with van der Waals surface area (Å²) in [5.74, 6) is 0. The highest BCUT2D eigenvalue weighted by Gasteiger charge is 1.94. The second-order valence-electron chi connectivity index (χ2n) is 5.63. The Morgan fingerprint density at radius 2 is 1.05 bits per heavy atom. The van der Waals surface area contributed by atoms with Gasteiger partial charge in [0, 0.05) is 6.61 Å². The molecule has 114 valence electrons. The molecule has 0 spiro atoms. The van der Waals surface area contributed by atoms with Crippen LogP contribution in [-0.4, -0.2) is 16.4 Å².